The number of azo groups is 1. The van der Waals surface area contributed by atoms with Gasteiger partial charge in [0.2, 0.25) is 0 Å². The molecule has 0 unspecified atom stereocenters. The molecule has 0 aliphatic heterocycles. The van der Waals surface area contributed by atoms with Crippen LogP contribution >= 0.6 is 12.0 Å². The molecule has 14 nitrogen and oxygen atoms in total. The van der Waals surface area contributed by atoms with Gasteiger partial charge >= 0.3 is 0 Å². The second-order valence-corrected chi connectivity index (χ2v) is 10.6. The molecule has 0 saturated heterocycles. The van der Waals surface area contributed by atoms with Gasteiger partial charge in [0.25, 0.3) is 20.2 Å². The maximum absolute atomic E-state index is 12.1. The number of hydrogen-bond donors (Lipinski definition) is 5. The number of nitrogen functional groups attached to an aromatic ring is 1. The van der Waals surface area contributed by atoms with Gasteiger partial charge in [0, 0.05) is 16.3 Å². The molecule has 0 saturated carbocycles. The number of anilines is 1. The van der Waals surface area contributed by atoms with Crippen molar-refractivity contribution in [1.29, 1.82) is 0 Å². The van der Waals surface area contributed by atoms with Crippen molar-refractivity contribution in [2.75, 3.05) is 18.9 Å². The molecule has 0 aliphatic rings. The fourth-order valence-corrected chi connectivity index (χ4v) is 5.01. The van der Waals surface area contributed by atoms with Crippen molar-refractivity contribution in [2.24, 2.45) is 10.2 Å². The van der Waals surface area contributed by atoms with Crippen LogP contribution in [0.15, 0.2) is 61.3 Å². The molecule has 6 N–H and O–H groups in total. The Morgan fingerprint density at radius 3 is 2.22 bits per heavy atom. The van der Waals surface area contributed by atoms with Gasteiger partial charge < -0.3 is 15.6 Å². The Kier molecular flexibility index (Phi) is 8.49. The number of rotatable bonds is 10. The first-order chi connectivity index (χ1) is 16.8. The molecule has 0 heterocycles. The smallest absolute Gasteiger partial charge is 0.296 e. The summed E-state index contributed by atoms with van der Waals surface area (Å²) in [6, 6.07) is 7.05. The van der Waals surface area contributed by atoms with Crippen LogP contribution in [0.25, 0.3) is 10.8 Å². The zero-order valence-corrected chi connectivity index (χ0v) is 20.7. The van der Waals surface area contributed by atoms with Gasteiger partial charge in [-0.2, -0.15) is 21.9 Å². The summed E-state index contributed by atoms with van der Waals surface area (Å²) in [6.45, 7) is 1.32. The molecule has 0 bridgehead atoms. The Labute approximate surface area is 208 Å². The van der Waals surface area contributed by atoms with Gasteiger partial charge in [-0.05, 0) is 48.2 Å². The summed E-state index contributed by atoms with van der Waals surface area (Å²) < 4.78 is 77.2. The van der Waals surface area contributed by atoms with Gasteiger partial charge in [-0.1, -0.05) is 5.04 Å². The topological polar surface area (TPSA) is 228 Å². The van der Waals surface area contributed by atoms with Gasteiger partial charge in [0.15, 0.2) is 0 Å². The number of aliphatic hydroxyl groups is 1. The highest BCUT2D eigenvalue weighted by atomic mass is 32.2. The lowest BCUT2D eigenvalue weighted by molar-refractivity contribution is -0.432. The number of nitrogens with zero attached hydrogens (tertiary/aromatic N) is 2. The van der Waals surface area contributed by atoms with Crippen LogP contribution in [0.5, 0.6) is 5.75 Å². The summed E-state index contributed by atoms with van der Waals surface area (Å²) in [5.74, 6) is 0.185. The fourth-order valence-electron chi connectivity index (χ4n) is 3.12. The van der Waals surface area contributed by atoms with Gasteiger partial charge in [-0.15, -0.1) is 9.45 Å². The lowest BCUT2D eigenvalue weighted by Crippen LogP contribution is -2.04. The minimum atomic E-state index is -4.89. The van der Waals surface area contributed by atoms with Crippen LogP contribution in [-0.2, 0) is 29.6 Å². The van der Waals surface area contributed by atoms with Crippen molar-refractivity contribution in [3.8, 4) is 5.75 Å². The van der Waals surface area contributed by atoms with Gasteiger partial charge in [0.05, 0.1) is 30.0 Å². The third-order valence-corrected chi connectivity index (χ3v) is 6.96. The number of aliphatic hydroxyl groups excluding tert-OH is 1. The van der Waals surface area contributed by atoms with Gasteiger partial charge in [-0.3, -0.25) is 9.11 Å². The van der Waals surface area contributed by atoms with Crippen LogP contribution in [0.4, 0.5) is 17.1 Å². The van der Waals surface area contributed by atoms with E-state index in [9.17, 15) is 25.9 Å². The van der Waals surface area contributed by atoms with Crippen LogP contribution < -0.4 is 10.5 Å². The van der Waals surface area contributed by atoms with Gasteiger partial charge in [0.1, 0.15) is 27.8 Å². The first kappa shape index (κ1) is 27.7. The highest BCUT2D eigenvalue weighted by molar-refractivity contribution is 7.94. The summed E-state index contributed by atoms with van der Waals surface area (Å²) in [7, 11) is -9.73. The largest absolute Gasteiger partial charge is 0.489 e. The molecular formula is C19H19N3O11S3. The maximum atomic E-state index is 12.1. The molecule has 0 atom stereocenters. The average molecular weight is 562 g/mol. The summed E-state index contributed by atoms with van der Waals surface area (Å²) >= 11 is 0.361. The second-order valence-electron chi connectivity index (χ2n) is 7.09. The third-order valence-electron chi connectivity index (χ3n) is 4.63. The van der Waals surface area contributed by atoms with E-state index in [4.69, 9.17) is 20.8 Å². The van der Waals surface area contributed by atoms with E-state index < -0.39 is 35.7 Å². The number of fused-ring (bicyclic) bond motifs is 1. The van der Waals surface area contributed by atoms with Crippen LogP contribution in [0, 0.1) is 6.92 Å². The minimum absolute atomic E-state index is 0.00672. The summed E-state index contributed by atoms with van der Waals surface area (Å²) in [5, 5.41) is 28.4. The first-order valence-electron chi connectivity index (χ1n) is 9.62. The Bertz CT molecular complexity index is 1540. The molecule has 17 heteroatoms. The van der Waals surface area contributed by atoms with Crippen molar-refractivity contribution in [1.82, 2.24) is 0 Å². The second kappa shape index (κ2) is 11.0. The lowest BCUT2D eigenvalue weighted by Gasteiger charge is -2.11. The van der Waals surface area contributed by atoms with E-state index in [1.54, 1.807) is 6.92 Å². The van der Waals surface area contributed by atoms with E-state index in [0.29, 0.717) is 17.6 Å². The van der Waals surface area contributed by atoms with E-state index in [2.05, 4.69) is 19.6 Å². The average Bonchev–Trinajstić information content (AvgIpc) is 2.79. The number of ether oxygens (including phenoxy) is 1. The molecule has 0 amide bonds. The molecule has 36 heavy (non-hydrogen) atoms. The van der Waals surface area contributed by atoms with E-state index in [1.165, 1.54) is 18.2 Å². The number of hydrogen-bond acceptors (Lipinski definition) is 13. The molecular weight excluding hydrogens is 542 g/mol. The molecule has 0 fully saturated rings. The first-order valence-corrected chi connectivity index (χ1v) is 13.2. The maximum Gasteiger partial charge on any atom is 0.296 e. The normalized spacial score (nSPS) is 12.5. The molecule has 0 spiro atoms. The molecule has 0 aliphatic carbocycles. The van der Waals surface area contributed by atoms with Crippen LogP contribution in [0.2, 0.25) is 0 Å². The van der Waals surface area contributed by atoms with Crippen molar-refractivity contribution in [3.05, 3.63) is 42.0 Å². The summed E-state index contributed by atoms with van der Waals surface area (Å²) in [5.41, 5.74) is 6.41. The van der Waals surface area contributed by atoms with E-state index in [-0.39, 0.29) is 46.0 Å². The summed E-state index contributed by atoms with van der Waals surface area (Å²) in [4.78, 5) is -1.37. The fraction of sp³-hybridized carbons (Fsp3) is 0.158. The Morgan fingerprint density at radius 1 is 0.944 bits per heavy atom. The van der Waals surface area contributed by atoms with Crippen LogP contribution in [0.1, 0.15) is 5.56 Å². The summed E-state index contributed by atoms with van der Waals surface area (Å²) in [6.07, 6.45) is 0. The molecule has 3 aromatic carbocycles. The number of benzene rings is 3. The zero-order chi connectivity index (χ0) is 26.7. The zero-order valence-electron chi connectivity index (χ0n) is 18.2. The number of nitrogens with two attached hydrogens (primary N) is 1. The van der Waals surface area contributed by atoms with E-state index in [0.717, 1.165) is 18.2 Å². The van der Waals surface area contributed by atoms with Crippen molar-refractivity contribution < 1.29 is 50.4 Å². The predicted octanol–water partition coefficient (Wildman–Crippen LogP) is 3.44. The van der Waals surface area contributed by atoms with Crippen molar-refractivity contribution in [2.45, 2.75) is 21.6 Å². The Morgan fingerprint density at radius 2 is 1.61 bits per heavy atom. The van der Waals surface area contributed by atoms with E-state index >= 15 is 0 Å². The lowest BCUT2D eigenvalue weighted by atomic mass is 10.1. The third kappa shape index (κ3) is 6.46. The molecule has 0 radical (unpaired) electrons. The van der Waals surface area contributed by atoms with Crippen LogP contribution in [-0.4, -0.2) is 49.5 Å². The van der Waals surface area contributed by atoms with Crippen LogP contribution in [0.3, 0.4) is 0 Å². The highest BCUT2D eigenvalue weighted by Crippen LogP contribution is 2.38. The van der Waals surface area contributed by atoms with Crippen molar-refractivity contribution in [3.63, 3.8) is 0 Å². The van der Waals surface area contributed by atoms with Crippen molar-refractivity contribution >= 4 is 60.1 Å². The highest BCUT2D eigenvalue weighted by Gasteiger charge is 2.22. The van der Waals surface area contributed by atoms with Gasteiger partial charge in [-0.25, -0.2) is 5.26 Å². The SMILES string of the molecule is Cc1cc(N)c(OCCO)cc1N=Nc1cc2c(S(=O)(=O)O)cc(SOOO)cc2cc1S(=O)(=O)O. The Balaban J connectivity index is 2.23. The monoisotopic (exact) mass is 561 g/mol. The van der Waals surface area contributed by atoms with E-state index in [1.807, 2.05) is 0 Å². The molecule has 3 rings (SSSR count). The quantitative estimate of drug-likeness (QED) is 0.0597. The minimum Gasteiger partial charge on any atom is -0.489 e. The molecule has 0 aromatic heterocycles. The predicted molar refractivity (Wildman–Crippen MR) is 127 cm³/mol. The standard InChI is InChI=1S/C19H19N3O11S3/c1-10-4-14(20)17(31-3-2-23)9-15(10)21-22-16-8-13-11(6-19(16)36(28,29)30)5-12(34-33-32-24)7-18(13)35(25,26)27/h4-9,23-24H,2-3,20H2,1H3,(H,25,26,27)(H,28,29,30). The molecule has 3 aromatic rings. The Hall–Kier alpha value is -2.87. The number of aryl methyl sites for hydroxylation is 1. The molecule has 194 valence electrons.